The molecule has 7 nitrogen and oxygen atoms in total. The van der Waals surface area contributed by atoms with Gasteiger partial charge in [0.15, 0.2) is 5.82 Å². The number of hydrogen-bond acceptors (Lipinski definition) is 5. The van der Waals surface area contributed by atoms with Crippen LogP contribution >= 0.6 is 0 Å². The summed E-state index contributed by atoms with van der Waals surface area (Å²) in [6.07, 6.45) is 1.64. The number of nitrogens with one attached hydrogen (secondary N) is 1. The Morgan fingerprint density at radius 3 is 2.86 bits per heavy atom. The highest BCUT2D eigenvalue weighted by Gasteiger charge is 2.12. The average Bonchev–Trinajstić information content (AvgIpc) is 2.91. The molecule has 0 aliphatic rings. The van der Waals surface area contributed by atoms with E-state index in [2.05, 4.69) is 20.5 Å². The summed E-state index contributed by atoms with van der Waals surface area (Å²) in [7, 11) is 0. The highest BCUT2D eigenvalue weighted by atomic mass is 16.1. The zero-order chi connectivity index (χ0) is 15.4. The number of carbonyl (C=O) groups is 1. The molecule has 2 rings (SSSR count). The molecule has 0 aliphatic carbocycles. The summed E-state index contributed by atoms with van der Waals surface area (Å²) in [6.45, 7) is 7.09. The van der Waals surface area contributed by atoms with Crippen LogP contribution in [0.3, 0.4) is 0 Å². The Labute approximate surface area is 123 Å². The minimum Gasteiger partial charge on any atom is -0.384 e. The van der Waals surface area contributed by atoms with E-state index in [0.29, 0.717) is 17.9 Å². The van der Waals surface area contributed by atoms with Crippen molar-refractivity contribution < 1.29 is 4.79 Å². The predicted molar refractivity (Wildman–Crippen MR) is 79.6 cm³/mol. The fourth-order valence-corrected chi connectivity index (χ4v) is 1.94. The first kappa shape index (κ1) is 15.0. The number of nitrogens with zero attached hydrogens (tertiary/aromatic N) is 4. The van der Waals surface area contributed by atoms with E-state index in [1.54, 1.807) is 18.5 Å². The molecule has 0 bridgehead atoms. The molecule has 0 aliphatic heterocycles. The smallest absolute Gasteiger partial charge is 0.251 e. The van der Waals surface area contributed by atoms with Crippen LogP contribution in [0.4, 0.5) is 5.82 Å². The summed E-state index contributed by atoms with van der Waals surface area (Å²) in [4.78, 5) is 16.4. The van der Waals surface area contributed by atoms with Crippen molar-refractivity contribution in [2.24, 2.45) is 0 Å². The summed E-state index contributed by atoms with van der Waals surface area (Å²) in [5.41, 5.74) is 7.06. The van der Waals surface area contributed by atoms with Crippen LogP contribution in [0.1, 0.15) is 48.6 Å². The predicted octanol–water partition coefficient (Wildman–Crippen LogP) is 1.33. The first-order valence-electron chi connectivity index (χ1n) is 6.93. The second-order valence-corrected chi connectivity index (χ2v) is 5.08. The normalized spacial score (nSPS) is 10.9. The molecule has 0 radical (unpaired) electrons. The number of aromatic nitrogens is 4. The standard InChI is InChI=1S/C14H20N6O/c1-4-20-8-17-19-13(20)7-16-14(21)10-5-11(9(2)3)18-12(15)6-10/h5-6,8-9H,4,7H2,1-3H3,(H2,15,18)(H,16,21). The summed E-state index contributed by atoms with van der Waals surface area (Å²) >= 11 is 0. The number of rotatable bonds is 5. The van der Waals surface area contributed by atoms with Crippen molar-refractivity contribution in [3.05, 3.63) is 35.5 Å². The molecule has 3 N–H and O–H groups in total. The van der Waals surface area contributed by atoms with Gasteiger partial charge in [-0.3, -0.25) is 4.79 Å². The Bertz CT molecular complexity index is 634. The van der Waals surface area contributed by atoms with E-state index in [1.165, 1.54) is 0 Å². The van der Waals surface area contributed by atoms with E-state index in [4.69, 9.17) is 5.73 Å². The summed E-state index contributed by atoms with van der Waals surface area (Å²) in [6, 6.07) is 3.34. The molecule has 112 valence electrons. The van der Waals surface area contributed by atoms with Gasteiger partial charge in [-0.05, 0) is 25.0 Å². The Morgan fingerprint density at radius 1 is 1.43 bits per heavy atom. The molecule has 0 fully saturated rings. The molecule has 0 atom stereocenters. The van der Waals surface area contributed by atoms with E-state index in [0.717, 1.165) is 18.1 Å². The number of aryl methyl sites for hydroxylation is 1. The lowest BCUT2D eigenvalue weighted by Gasteiger charge is -2.10. The Morgan fingerprint density at radius 2 is 2.19 bits per heavy atom. The molecule has 0 unspecified atom stereocenters. The minimum atomic E-state index is -0.198. The second kappa shape index (κ2) is 6.34. The minimum absolute atomic E-state index is 0.198. The maximum absolute atomic E-state index is 12.2. The number of nitrogens with two attached hydrogens (primary N) is 1. The van der Waals surface area contributed by atoms with Gasteiger partial charge >= 0.3 is 0 Å². The monoisotopic (exact) mass is 288 g/mol. The Hall–Kier alpha value is -2.44. The second-order valence-electron chi connectivity index (χ2n) is 5.08. The number of pyridine rings is 1. The van der Waals surface area contributed by atoms with E-state index >= 15 is 0 Å². The van der Waals surface area contributed by atoms with Crippen LogP contribution < -0.4 is 11.1 Å². The van der Waals surface area contributed by atoms with E-state index in [-0.39, 0.29) is 11.8 Å². The van der Waals surface area contributed by atoms with Gasteiger partial charge in [0.2, 0.25) is 0 Å². The van der Waals surface area contributed by atoms with Crippen LogP contribution in [0.15, 0.2) is 18.5 Å². The lowest BCUT2D eigenvalue weighted by molar-refractivity contribution is 0.0949. The van der Waals surface area contributed by atoms with Gasteiger partial charge in [-0.15, -0.1) is 10.2 Å². The fourth-order valence-electron chi connectivity index (χ4n) is 1.94. The zero-order valence-corrected chi connectivity index (χ0v) is 12.5. The third-order valence-electron chi connectivity index (χ3n) is 3.16. The van der Waals surface area contributed by atoms with Gasteiger partial charge in [0, 0.05) is 17.8 Å². The van der Waals surface area contributed by atoms with Crippen molar-refractivity contribution in [1.82, 2.24) is 25.1 Å². The maximum atomic E-state index is 12.2. The molecular formula is C14H20N6O. The molecule has 0 saturated heterocycles. The van der Waals surface area contributed by atoms with Gasteiger partial charge in [0.25, 0.3) is 5.91 Å². The fraction of sp³-hybridized carbons (Fsp3) is 0.429. The SMILES string of the molecule is CCn1cnnc1CNC(=O)c1cc(N)nc(C(C)C)c1. The Kier molecular flexibility index (Phi) is 4.52. The highest BCUT2D eigenvalue weighted by Crippen LogP contribution is 2.16. The average molecular weight is 288 g/mol. The molecule has 21 heavy (non-hydrogen) atoms. The van der Waals surface area contributed by atoms with Gasteiger partial charge in [-0.1, -0.05) is 13.8 Å². The van der Waals surface area contributed by atoms with Crippen LogP contribution in [0.5, 0.6) is 0 Å². The van der Waals surface area contributed by atoms with E-state index in [9.17, 15) is 4.79 Å². The summed E-state index contributed by atoms with van der Waals surface area (Å²) < 4.78 is 1.88. The number of anilines is 1. The van der Waals surface area contributed by atoms with Gasteiger partial charge in [0.05, 0.1) is 6.54 Å². The van der Waals surface area contributed by atoms with Gasteiger partial charge in [-0.2, -0.15) is 0 Å². The molecule has 7 heteroatoms. The highest BCUT2D eigenvalue weighted by molar-refractivity contribution is 5.94. The third-order valence-corrected chi connectivity index (χ3v) is 3.16. The van der Waals surface area contributed by atoms with Crippen LogP contribution in [-0.4, -0.2) is 25.7 Å². The lowest BCUT2D eigenvalue weighted by atomic mass is 10.1. The van der Waals surface area contributed by atoms with Crippen molar-refractivity contribution in [2.45, 2.75) is 39.8 Å². The van der Waals surface area contributed by atoms with Gasteiger partial charge < -0.3 is 15.6 Å². The number of carbonyl (C=O) groups excluding carboxylic acids is 1. The van der Waals surface area contributed by atoms with Crippen molar-refractivity contribution >= 4 is 11.7 Å². The molecule has 2 heterocycles. The number of amides is 1. The van der Waals surface area contributed by atoms with Crippen LogP contribution in [-0.2, 0) is 13.1 Å². The molecule has 2 aromatic rings. The topological polar surface area (TPSA) is 98.7 Å². The van der Waals surface area contributed by atoms with Crippen LogP contribution in [0.25, 0.3) is 0 Å². The summed E-state index contributed by atoms with van der Waals surface area (Å²) in [5, 5.41) is 10.6. The number of hydrogen-bond donors (Lipinski definition) is 2. The molecule has 1 amide bonds. The van der Waals surface area contributed by atoms with Crippen LogP contribution in [0, 0.1) is 0 Å². The van der Waals surface area contributed by atoms with Crippen molar-refractivity contribution in [3.8, 4) is 0 Å². The van der Waals surface area contributed by atoms with Gasteiger partial charge in [0.1, 0.15) is 12.1 Å². The largest absolute Gasteiger partial charge is 0.384 e. The maximum Gasteiger partial charge on any atom is 0.251 e. The van der Waals surface area contributed by atoms with Gasteiger partial charge in [-0.25, -0.2) is 4.98 Å². The van der Waals surface area contributed by atoms with Crippen molar-refractivity contribution in [2.75, 3.05) is 5.73 Å². The zero-order valence-electron chi connectivity index (χ0n) is 12.5. The Balaban J connectivity index is 2.10. The molecule has 0 spiro atoms. The van der Waals surface area contributed by atoms with Crippen molar-refractivity contribution in [3.63, 3.8) is 0 Å². The van der Waals surface area contributed by atoms with E-state index in [1.807, 2.05) is 25.3 Å². The number of nitrogen functional groups attached to an aromatic ring is 1. The molecule has 2 aromatic heterocycles. The first-order valence-corrected chi connectivity index (χ1v) is 6.93. The molecule has 0 saturated carbocycles. The van der Waals surface area contributed by atoms with Crippen LogP contribution in [0.2, 0.25) is 0 Å². The molecular weight excluding hydrogens is 268 g/mol. The quantitative estimate of drug-likeness (QED) is 0.864. The van der Waals surface area contributed by atoms with E-state index < -0.39 is 0 Å². The lowest BCUT2D eigenvalue weighted by Crippen LogP contribution is -2.25. The van der Waals surface area contributed by atoms with Crippen molar-refractivity contribution in [1.29, 1.82) is 0 Å². The summed E-state index contributed by atoms with van der Waals surface area (Å²) in [5.74, 6) is 1.08. The third kappa shape index (κ3) is 3.56. The first-order chi connectivity index (χ1) is 10.0. The molecule has 0 aromatic carbocycles.